The zero-order valence-electron chi connectivity index (χ0n) is 31.3. The number of hydrogen-bond acceptors (Lipinski definition) is 9. The zero-order chi connectivity index (χ0) is 39.2. The van der Waals surface area contributed by atoms with Gasteiger partial charge in [-0.15, -0.1) is 0 Å². The van der Waals surface area contributed by atoms with Crippen molar-refractivity contribution >= 4 is 32.5 Å². The number of imidazole rings is 1. The molecule has 4 atom stereocenters. The Morgan fingerprint density at radius 2 is 1.70 bits per heavy atom. The highest BCUT2D eigenvalue weighted by molar-refractivity contribution is 7.89. The normalized spacial score (nSPS) is 14.2. The molecule has 1 amide bonds. The number of nitrogen functional groups attached to an aromatic ring is 1. The first kappa shape index (κ1) is 40.0. The smallest absolute Gasteiger partial charge is 0.332 e. The molecule has 0 bridgehead atoms. The molecule has 54 heavy (non-hydrogen) atoms. The van der Waals surface area contributed by atoms with Gasteiger partial charge in [-0.05, 0) is 72.4 Å². The van der Waals surface area contributed by atoms with Gasteiger partial charge in [0.15, 0.2) is 0 Å². The highest BCUT2D eigenvalue weighted by Gasteiger charge is 2.35. The lowest BCUT2D eigenvalue weighted by Crippen LogP contribution is -2.53. The van der Waals surface area contributed by atoms with Gasteiger partial charge in [-0.2, -0.15) is 4.31 Å². The van der Waals surface area contributed by atoms with E-state index in [0.717, 1.165) is 15.5 Å². The molecule has 5 N–H and O–H groups in total. The van der Waals surface area contributed by atoms with Gasteiger partial charge < -0.3 is 26.0 Å². The molecule has 0 fully saturated rings. The summed E-state index contributed by atoms with van der Waals surface area (Å²) in [5.74, 6) is -0.836. The van der Waals surface area contributed by atoms with E-state index in [2.05, 4.69) is 10.3 Å². The van der Waals surface area contributed by atoms with Crippen molar-refractivity contribution in [3.05, 3.63) is 113 Å². The number of nitrogens with zero attached hydrogens (tertiary/aromatic N) is 4. The Morgan fingerprint density at radius 1 is 1.00 bits per heavy atom. The summed E-state index contributed by atoms with van der Waals surface area (Å²) in [5, 5.41) is 26.6. The molecule has 2 heterocycles. The Hall–Kier alpha value is -5.18. The largest absolute Gasteiger partial charge is 0.497 e. The molecule has 13 nitrogen and oxygen atoms in total. The van der Waals surface area contributed by atoms with E-state index >= 15 is 0 Å². The van der Waals surface area contributed by atoms with Crippen LogP contribution in [-0.4, -0.2) is 75.3 Å². The molecule has 0 unspecified atom stereocenters. The number of anilines is 1. The molecule has 0 radical (unpaired) electrons. The van der Waals surface area contributed by atoms with Gasteiger partial charge in [0.25, 0.3) is 0 Å². The van der Waals surface area contributed by atoms with Gasteiger partial charge in [0.05, 0.1) is 48.1 Å². The third kappa shape index (κ3) is 9.30. The average molecular weight is 759 g/mol. The number of nitrogens with one attached hydrogen (secondary N) is 1. The van der Waals surface area contributed by atoms with Gasteiger partial charge in [0.1, 0.15) is 11.8 Å². The summed E-state index contributed by atoms with van der Waals surface area (Å²) in [6.45, 7) is 7.26. The summed E-state index contributed by atoms with van der Waals surface area (Å²) >= 11 is 0. The van der Waals surface area contributed by atoms with Crippen LogP contribution in [-0.2, 0) is 27.8 Å². The van der Waals surface area contributed by atoms with Crippen molar-refractivity contribution in [1.29, 1.82) is 0 Å². The quantitative estimate of drug-likeness (QED) is 0.0989. The van der Waals surface area contributed by atoms with Crippen LogP contribution in [0.1, 0.15) is 51.4 Å². The van der Waals surface area contributed by atoms with Crippen LogP contribution in [0.3, 0.4) is 0 Å². The lowest BCUT2D eigenvalue weighted by atomic mass is 9.96. The fourth-order valence-corrected chi connectivity index (χ4v) is 8.10. The van der Waals surface area contributed by atoms with E-state index in [1.165, 1.54) is 34.3 Å². The number of sulfonamides is 1. The van der Waals surface area contributed by atoms with E-state index in [9.17, 15) is 28.2 Å². The molecule has 14 heteroatoms. The number of fused-ring (bicyclic) bond motifs is 1. The molecule has 288 valence electrons. The highest BCUT2D eigenvalue weighted by atomic mass is 32.2. The number of aromatic nitrogens is 3. The van der Waals surface area contributed by atoms with Crippen molar-refractivity contribution in [1.82, 2.24) is 23.7 Å². The Morgan fingerprint density at radius 3 is 2.35 bits per heavy atom. The maximum atomic E-state index is 14.4. The number of nitrogens with two attached hydrogens (primary N) is 1. The standard InChI is InChI=1S/C40H50N6O7S/c1-6-27(4)38(46-25-37(48)45(40(46)50)23-31-14-12-29-21-30(41)13-19-34(29)42-31)39(49)43-35(20-28-10-8-7-9-11-28)36(47)24-44(22-26(2)3)54(51,52)33-17-15-32(53-5)16-18-33/h7-19,21,25-27,35-36,38,47-48H,6,20,22-24,41H2,1-5H3,(H,43,49)/t27-,35-,36+,38-/m0/s1. The third-order valence-electron chi connectivity index (χ3n) is 9.57. The lowest BCUT2D eigenvalue weighted by Gasteiger charge is -2.32. The fourth-order valence-electron chi connectivity index (χ4n) is 6.48. The first-order valence-electron chi connectivity index (χ1n) is 18.0. The van der Waals surface area contributed by atoms with Crippen LogP contribution in [0.15, 0.2) is 101 Å². The maximum Gasteiger partial charge on any atom is 0.332 e. The van der Waals surface area contributed by atoms with Crippen LogP contribution in [0.25, 0.3) is 10.9 Å². The van der Waals surface area contributed by atoms with E-state index in [4.69, 9.17) is 10.5 Å². The van der Waals surface area contributed by atoms with Crippen molar-refractivity contribution in [2.45, 2.75) is 70.2 Å². The van der Waals surface area contributed by atoms with Gasteiger partial charge in [-0.3, -0.25) is 18.9 Å². The van der Waals surface area contributed by atoms with E-state index in [-0.39, 0.29) is 48.7 Å². The van der Waals surface area contributed by atoms with Crippen LogP contribution < -0.4 is 21.5 Å². The molecule has 5 aromatic rings. The number of rotatable bonds is 17. The summed E-state index contributed by atoms with van der Waals surface area (Å²) < 4.78 is 36.6. The molecular weight excluding hydrogens is 709 g/mol. The van der Waals surface area contributed by atoms with Gasteiger partial charge in [0, 0.05) is 24.2 Å². The average Bonchev–Trinajstić information content (AvgIpc) is 3.42. The minimum Gasteiger partial charge on any atom is -0.497 e. The Labute approximate surface area is 316 Å². The number of hydrogen-bond donors (Lipinski definition) is 4. The van der Waals surface area contributed by atoms with E-state index in [0.29, 0.717) is 29.1 Å². The molecule has 0 saturated carbocycles. The minimum absolute atomic E-state index is 0.0451. The first-order valence-corrected chi connectivity index (χ1v) is 19.5. The molecule has 0 saturated heterocycles. The number of aromatic hydroxyl groups is 1. The van der Waals surface area contributed by atoms with Crippen molar-refractivity contribution in [3.8, 4) is 11.6 Å². The van der Waals surface area contributed by atoms with Crippen molar-refractivity contribution in [3.63, 3.8) is 0 Å². The van der Waals surface area contributed by atoms with E-state index < -0.39 is 39.8 Å². The van der Waals surface area contributed by atoms with Crippen LogP contribution in [0.5, 0.6) is 11.6 Å². The van der Waals surface area contributed by atoms with Crippen LogP contribution in [0.4, 0.5) is 5.69 Å². The fraction of sp³-hybridized carbons (Fsp3) is 0.375. The molecule has 0 aliphatic heterocycles. The molecule has 0 aliphatic rings. The monoisotopic (exact) mass is 758 g/mol. The number of aliphatic hydroxyl groups is 1. The Balaban J connectivity index is 1.45. The number of aliphatic hydroxyl groups excluding tert-OH is 1. The summed E-state index contributed by atoms with van der Waals surface area (Å²) in [7, 11) is -2.56. The van der Waals surface area contributed by atoms with Crippen molar-refractivity contribution < 1.29 is 28.2 Å². The summed E-state index contributed by atoms with van der Waals surface area (Å²) in [5.41, 5.74) is 7.90. The summed E-state index contributed by atoms with van der Waals surface area (Å²) in [4.78, 5) is 33.0. The maximum absolute atomic E-state index is 14.4. The second-order valence-electron chi connectivity index (χ2n) is 14.1. The van der Waals surface area contributed by atoms with Gasteiger partial charge >= 0.3 is 5.69 Å². The predicted molar refractivity (Wildman–Crippen MR) is 209 cm³/mol. The number of carbonyl (C=O) groups excluding carboxylic acids is 1. The van der Waals surface area contributed by atoms with Crippen molar-refractivity contribution in [2.75, 3.05) is 25.9 Å². The van der Waals surface area contributed by atoms with Gasteiger partial charge in [0.2, 0.25) is 21.8 Å². The minimum atomic E-state index is -4.06. The highest BCUT2D eigenvalue weighted by Crippen LogP contribution is 2.26. The number of benzene rings is 3. The number of ether oxygens (including phenoxy) is 1. The Kier molecular flexibility index (Phi) is 12.8. The second kappa shape index (κ2) is 17.3. The molecular formula is C40H50N6O7S. The molecule has 5 rings (SSSR count). The molecule has 2 aromatic heterocycles. The zero-order valence-corrected chi connectivity index (χ0v) is 32.1. The topological polar surface area (TPSA) is 182 Å². The van der Waals surface area contributed by atoms with E-state index in [1.54, 1.807) is 36.4 Å². The van der Waals surface area contributed by atoms with Gasteiger partial charge in [-0.1, -0.05) is 70.5 Å². The molecule has 3 aromatic carbocycles. The number of carbonyl (C=O) groups is 1. The molecule has 0 spiro atoms. The van der Waals surface area contributed by atoms with Gasteiger partial charge in [-0.25, -0.2) is 13.2 Å². The van der Waals surface area contributed by atoms with Crippen molar-refractivity contribution in [2.24, 2.45) is 11.8 Å². The SMILES string of the molecule is CC[C@H](C)[C@@H](C(=O)N[C@@H](Cc1ccccc1)[C@H](O)CN(CC(C)C)S(=O)(=O)c1ccc(OC)cc1)n1cc(O)n(Cc2ccc3cc(N)ccc3n2)c1=O. The number of pyridine rings is 1. The second-order valence-corrected chi connectivity index (χ2v) is 16.0. The third-order valence-corrected chi connectivity index (χ3v) is 11.4. The lowest BCUT2D eigenvalue weighted by molar-refractivity contribution is -0.127. The summed E-state index contributed by atoms with van der Waals surface area (Å²) in [6.07, 6.45) is 0.594. The summed E-state index contributed by atoms with van der Waals surface area (Å²) in [6, 6.07) is 22.2. The van der Waals surface area contributed by atoms with E-state index in [1.807, 2.05) is 64.1 Å². The predicted octanol–water partition coefficient (Wildman–Crippen LogP) is 4.57. The van der Waals surface area contributed by atoms with Crippen LogP contribution >= 0.6 is 0 Å². The molecule has 0 aliphatic carbocycles. The number of methoxy groups -OCH3 is 1. The number of amides is 1. The van der Waals surface area contributed by atoms with Crippen LogP contribution in [0, 0.1) is 11.8 Å². The Bertz CT molecular complexity index is 2200. The first-order chi connectivity index (χ1) is 25.7. The van der Waals surface area contributed by atoms with Crippen LogP contribution in [0.2, 0.25) is 0 Å².